The molecule has 0 bridgehead atoms. The van der Waals surface area contributed by atoms with E-state index in [-0.39, 0.29) is 29.8 Å². The maximum atomic E-state index is 13.4. The van der Waals surface area contributed by atoms with E-state index in [9.17, 15) is 22.8 Å². The van der Waals surface area contributed by atoms with Gasteiger partial charge in [0.25, 0.3) is 5.91 Å². The number of amides is 2. The lowest BCUT2D eigenvalue weighted by Crippen LogP contribution is -2.46. The molecule has 1 aliphatic heterocycles. The van der Waals surface area contributed by atoms with Crippen molar-refractivity contribution in [3.05, 3.63) is 54.1 Å². The van der Waals surface area contributed by atoms with Crippen molar-refractivity contribution in [2.24, 2.45) is 5.92 Å². The van der Waals surface area contributed by atoms with Crippen molar-refractivity contribution < 1.29 is 22.8 Å². The lowest BCUT2D eigenvalue weighted by atomic mass is 10.0. The van der Waals surface area contributed by atoms with Crippen LogP contribution in [0.1, 0.15) is 25.5 Å². The molecular formula is C21H19F3N6O2. The summed E-state index contributed by atoms with van der Waals surface area (Å²) in [5.74, 6) is -1.08. The summed E-state index contributed by atoms with van der Waals surface area (Å²) in [4.78, 5) is 28.0. The second kappa shape index (κ2) is 8.06. The minimum absolute atomic E-state index is 0.0358. The van der Waals surface area contributed by atoms with Crippen LogP contribution in [-0.2, 0) is 15.8 Å². The third-order valence-corrected chi connectivity index (χ3v) is 5.05. The number of halogens is 3. The first-order chi connectivity index (χ1) is 15.1. The number of para-hydroxylation sites is 2. The Labute approximate surface area is 181 Å². The summed E-state index contributed by atoms with van der Waals surface area (Å²) in [6, 6.07) is 10.6. The summed E-state index contributed by atoms with van der Waals surface area (Å²) in [5.41, 5.74) is 0.347. The number of tetrazole rings is 1. The molecule has 1 unspecified atom stereocenters. The molecule has 1 N–H and O–H groups in total. The van der Waals surface area contributed by atoms with Crippen LogP contribution in [0.3, 0.4) is 0 Å². The van der Waals surface area contributed by atoms with Crippen LogP contribution in [0.5, 0.6) is 0 Å². The fourth-order valence-corrected chi connectivity index (χ4v) is 3.53. The zero-order valence-corrected chi connectivity index (χ0v) is 17.2. The zero-order valence-electron chi connectivity index (χ0n) is 17.2. The fraction of sp³-hybridized carbons (Fsp3) is 0.286. The molecule has 0 aliphatic carbocycles. The van der Waals surface area contributed by atoms with Gasteiger partial charge in [0, 0.05) is 5.56 Å². The van der Waals surface area contributed by atoms with Crippen LogP contribution in [0.2, 0.25) is 0 Å². The highest BCUT2D eigenvalue weighted by molar-refractivity contribution is 6.10. The van der Waals surface area contributed by atoms with Crippen molar-refractivity contribution >= 4 is 23.2 Å². The van der Waals surface area contributed by atoms with E-state index in [2.05, 4.69) is 20.7 Å². The number of anilines is 2. The lowest BCUT2D eigenvalue weighted by molar-refractivity contribution is -0.137. The van der Waals surface area contributed by atoms with E-state index in [1.165, 1.54) is 17.0 Å². The van der Waals surface area contributed by atoms with Crippen molar-refractivity contribution in [2.75, 3.05) is 16.8 Å². The highest BCUT2D eigenvalue weighted by Gasteiger charge is 2.36. The van der Waals surface area contributed by atoms with Crippen LogP contribution in [0, 0.1) is 5.92 Å². The van der Waals surface area contributed by atoms with Crippen LogP contribution in [0.15, 0.2) is 48.5 Å². The number of carbonyl (C=O) groups excluding carboxylic acids is 2. The number of nitrogens with zero attached hydrogens (tertiary/aromatic N) is 5. The molecule has 32 heavy (non-hydrogen) atoms. The molecule has 0 saturated carbocycles. The summed E-state index contributed by atoms with van der Waals surface area (Å²) in [7, 11) is 0. The van der Waals surface area contributed by atoms with Crippen molar-refractivity contribution in [3.8, 4) is 11.4 Å². The lowest BCUT2D eigenvalue weighted by Gasteiger charge is -2.32. The van der Waals surface area contributed by atoms with Crippen LogP contribution in [0.4, 0.5) is 24.5 Å². The van der Waals surface area contributed by atoms with Crippen LogP contribution >= 0.6 is 0 Å². The highest BCUT2D eigenvalue weighted by Crippen LogP contribution is 2.33. The molecule has 1 aliphatic rings. The Morgan fingerprint density at radius 3 is 2.59 bits per heavy atom. The Kier molecular flexibility index (Phi) is 5.41. The maximum Gasteiger partial charge on any atom is 0.416 e. The summed E-state index contributed by atoms with van der Waals surface area (Å²) in [6.07, 6.45) is -4.51. The number of hydrogen-bond donors (Lipinski definition) is 1. The van der Waals surface area contributed by atoms with Gasteiger partial charge in [-0.1, -0.05) is 38.1 Å². The number of alkyl halides is 3. The van der Waals surface area contributed by atoms with E-state index >= 15 is 0 Å². The van der Waals surface area contributed by atoms with Gasteiger partial charge in [0.2, 0.25) is 11.7 Å². The molecule has 1 aromatic heterocycles. The molecule has 2 aromatic carbocycles. The average Bonchev–Trinajstić information content (AvgIpc) is 3.22. The average molecular weight is 444 g/mol. The van der Waals surface area contributed by atoms with Gasteiger partial charge in [-0.3, -0.25) is 14.5 Å². The molecule has 166 valence electrons. The number of carbonyl (C=O) groups is 2. The Hall–Kier alpha value is -3.76. The molecular weight excluding hydrogens is 425 g/mol. The second-order valence-electron chi connectivity index (χ2n) is 7.69. The van der Waals surface area contributed by atoms with Crippen molar-refractivity contribution in [1.82, 2.24) is 20.2 Å². The Morgan fingerprint density at radius 2 is 1.88 bits per heavy atom. The monoisotopic (exact) mass is 444 g/mol. The van der Waals surface area contributed by atoms with Crippen molar-refractivity contribution in [2.45, 2.75) is 26.1 Å². The largest absolute Gasteiger partial charge is 0.416 e. The third-order valence-electron chi connectivity index (χ3n) is 5.05. The molecule has 11 heteroatoms. The Balaban J connectivity index is 1.68. The van der Waals surface area contributed by atoms with E-state index in [1.807, 2.05) is 0 Å². The molecule has 4 rings (SSSR count). The first kappa shape index (κ1) is 21.5. The number of hydrogen-bond acceptors (Lipinski definition) is 5. The summed E-state index contributed by atoms with van der Waals surface area (Å²) in [6.45, 7) is 3.39. The Morgan fingerprint density at radius 1 is 1.12 bits per heavy atom. The zero-order chi connectivity index (χ0) is 23.0. The summed E-state index contributed by atoms with van der Waals surface area (Å²) >= 11 is 0. The second-order valence-corrected chi connectivity index (χ2v) is 7.69. The fourth-order valence-electron chi connectivity index (χ4n) is 3.53. The third kappa shape index (κ3) is 4.05. The van der Waals surface area contributed by atoms with Crippen molar-refractivity contribution in [3.63, 3.8) is 0 Å². The van der Waals surface area contributed by atoms with Crippen molar-refractivity contribution in [1.29, 1.82) is 0 Å². The number of nitrogens with one attached hydrogen (secondary N) is 1. The summed E-state index contributed by atoms with van der Waals surface area (Å²) < 4.78 is 39.1. The van der Waals surface area contributed by atoms with Gasteiger partial charge in [0.05, 0.1) is 16.9 Å². The topological polar surface area (TPSA) is 93.0 Å². The molecule has 0 saturated heterocycles. The Bertz CT molecular complexity index is 1170. The number of aromatic nitrogens is 4. The number of fused-ring (bicyclic) bond motifs is 1. The number of benzene rings is 2. The normalized spacial score (nSPS) is 14.8. The molecule has 0 fully saturated rings. The van der Waals surface area contributed by atoms with Gasteiger partial charge in [-0.25, -0.2) is 0 Å². The maximum absolute atomic E-state index is 13.4. The first-order valence-electron chi connectivity index (χ1n) is 9.82. The molecule has 2 amide bonds. The molecule has 2 heterocycles. The van der Waals surface area contributed by atoms with Crippen LogP contribution in [0.25, 0.3) is 11.4 Å². The standard InChI is InChI=1S/C21H19F3N6O2/c1-12(2)18(20(32)29-11-17(31)25-15-8-3-4-9-16(15)29)30-27-19(26-28-30)13-6-5-7-14(10-13)21(22,23)24/h3-10,12,18H,11H2,1-2H3,(H,25,31). The summed E-state index contributed by atoms with van der Waals surface area (Å²) in [5, 5.41) is 14.7. The SMILES string of the molecule is CC(C)C(C(=O)N1CC(=O)Nc2ccccc21)n1nnc(-c2cccc(C(F)(F)F)c2)n1. The van der Waals surface area contributed by atoms with Gasteiger partial charge in [-0.05, 0) is 35.4 Å². The van der Waals surface area contributed by atoms with Gasteiger partial charge in [0.1, 0.15) is 6.54 Å². The molecule has 0 radical (unpaired) electrons. The predicted octanol–water partition coefficient (Wildman–Crippen LogP) is 3.54. The van der Waals surface area contributed by atoms with Gasteiger partial charge >= 0.3 is 6.18 Å². The smallest absolute Gasteiger partial charge is 0.323 e. The van der Waals surface area contributed by atoms with E-state index in [4.69, 9.17) is 0 Å². The molecule has 3 aromatic rings. The minimum Gasteiger partial charge on any atom is -0.323 e. The van der Waals surface area contributed by atoms with Gasteiger partial charge in [-0.2, -0.15) is 18.0 Å². The van der Waals surface area contributed by atoms with Gasteiger partial charge < -0.3 is 5.32 Å². The van der Waals surface area contributed by atoms with Crippen LogP contribution in [-0.4, -0.2) is 38.6 Å². The minimum atomic E-state index is -4.51. The van der Waals surface area contributed by atoms with E-state index < -0.39 is 23.7 Å². The van der Waals surface area contributed by atoms with Gasteiger partial charge in [0.15, 0.2) is 6.04 Å². The molecule has 8 nitrogen and oxygen atoms in total. The van der Waals surface area contributed by atoms with Crippen LogP contribution < -0.4 is 10.2 Å². The van der Waals surface area contributed by atoms with Gasteiger partial charge in [-0.15, -0.1) is 10.2 Å². The van der Waals surface area contributed by atoms with E-state index in [0.717, 1.165) is 16.9 Å². The highest BCUT2D eigenvalue weighted by atomic mass is 19.4. The predicted molar refractivity (Wildman–Crippen MR) is 110 cm³/mol. The molecule has 1 atom stereocenters. The number of rotatable bonds is 4. The quantitative estimate of drug-likeness (QED) is 0.665. The first-order valence-corrected chi connectivity index (χ1v) is 9.82. The molecule has 0 spiro atoms. The van der Waals surface area contributed by atoms with E-state index in [1.54, 1.807) is 38.1 Å². The van der Waals surface area contributed by atoms with E-state index in [0.29, 0.717) is 11.4 Å².